The Balaban J connectivity index is 3.00. The van der Waals surface area contributed by atoms with Gasteiger partial charge in [0.15, 0.2) is 5.78 Å². The fraction of sp³-hybridized carbons (Fsp3) is 0.375. The molecule has 1 aromatic heterocycles. The number of carbonyl (C=O) groups is 1. The SMILES string of the molecule is CCSc1ncncc1C(C)=O. The van der Waals surface area contributed by atoms with Crippen LogP contribution in [0.2, 0.25) is 0 Å². The molecular formula is C8H10N2OS. The number of thioether (sulfide) groups is 1. The number of hydrogen-bond donors (Lipinski definition) is 0. The zero-order chi connectivity index (χ0) is 8.97. The molecule has 0 aromatic carbocycles. The highest BCUT2D eigenvalue weighted by atomic mass is 32.2. The lowest BCUT2D eigenvalue weighted by Crippen LogP contribution is -1.98. The fourth-order valence-corrected chi connectivity index (χ4v) is 1.56. The highest BCUT2D eigenvalue weighted by Gasteiger charge is 2.07. The highest BCUT2D eigenvalue weighted by molar-refractivity contribution is 7.99. The first-order valence-electron chi connectivity index (χ1n) is 3.69. The van der Waals surface area contributed by atoms with E-state index in [4.69, 9.17) is 0 Å². The molecule has 0 aliphatic carbocycles. The fourth-order valence-electron chi connectivity index (χ4n) is 0.812. The topological polar surface area (TPSA) is 42.9 Å². The van der Waals surface area contributed by atoms with Gasteiger partial charge in [-0.15, -0.1) is 11.8 Å². The van der Waals surface area contributed by atoms with Gasteiger partial charge in [0, 0.05) is 6.20 Å². The van der Waals surface area contributed by atoms with Crippen LogP contribution in [-0.2, 0) is 0 Å². The van der Waals surface area contributed by atoms with E-state index in [9.17, 15) is 4.79 Å². The summed E-state index contributed by atoms with van der Waals surface area (Å²) in [5, 5.41) is 0.778. The normalized spacial score (nSPS) is 9.83. The molecule has 1 rings (SSSR count). The number of carbonyl (C=O) groups excluding carboxylic acids is 1. The van der Waals surface area contributed by atoms with Gasteiger partial charge in [0.1, 0.15) is 11.4 Å². The van der Waals surface area contributed by atoms with Gasteiger partial charge < -0.3 is 0 Å². The lowest BCUT2D eigenvalue weighted by molar-refractivity contribution is 0.101. The maximum Gasteiger partial charge on any atom is 0.164 e. The van der Waals surface area contributed by atoms with Crippen molar-refractivity contribution in [3.05, 3.63) is 18.1 Å². The molecule has 0 atom stereocenters. The predicted molar refractivity (Wildman–Crippen MR) is 48.4 cm³/mol. The second-order valence-electron chi connectivity index (χ2n) is 2.23. The number of aromatic nitrogens is 2. The summed E-state index contributed by atoms with van der Waals surface area (Å²) in [4.78, 5) is 18.9. The van der Waals surface area contributed by atoms with Gasteiger partial charge in [0.25, 0.3) is 0 Å². The number of hydrogen-bond acceptors (Lipinski definition) is 4. The molecule has 4 heteroatoms. The minimum atomic E-state index is 0.0200. The van der Waals surface area contributed by atoms with Crippen molar-refractivity contribution in [2.45, 2.75) is 18.9 Å². The maximum atomic E-state index is 11.0. The summed E-state index contributed by atoms with van der Waals surface area (Å²) < 4.78 is 0. The third-order valence-corrected chi connectivity index (χ3v) is 2.22. The largest absolute Gasteiger partial charge is 0.294 e. The molecule has 0 aliphatic heterocycles. The summed E-state index contributed by atoms with van der Waals surface area (Å²) >= 11 is 1.56. The van der Waals surface area contributed by atoms with E-state index in [0.717, 1.165) is 10.8 Å². The van der Waals surface area contributed by atoms with Gasteiger partial charge in [0.05, 0.1) is 5.56 Å². The van der Waals surface area contributed by atoms with Crippen LogP contribution in [0.25, 0.3) is 0 Å². The van der Waals surface area contributed by atoms with Crippen LogP contribution in [0.4, 0.5) is 0 Å². The molecule has 0 amide bonds. The second kappa shape index (κ2) is 4.21. The molecule has 0 fully saturated rings. The maximum absolute atomic E-state index is 11.0. The Bertz CT molecular complexity index is 288. The summed E-state index contributed by atoms with van der Waals surface area (Å²) in [6.45, 7) is 3.55. The minimum Gasteiger partial charge on any atom is -0.294 e. The third-order valence-electron chi connectivity index (χ3n) is 1.34. The Labute approximate surface area is 75.6 Å². The summed E-state index contributed by atoms with van der Waals surface area (Å²) in [7, 11) is 0. The van der Waals surface area contributed by atoms with Crippen molar-refractivity contribution in [3.8, 4) is 0 Å². The highest BCUT2D eigenvalue weighted by Crippen LogP contribution is 2.18. The zero-order valence-corrected chi connectivity index (χ0v) is 7.89. The Hall–Kier alpha value is -0.900. The van der Waals surface area contributed by atoms with Crippen LogP contribution in [0.3, 0.4) is 0 Å². The molecule has 0 saturated carbocycles. The summed E-state index contributed by atoms with van der Waals surface area (Å²) in [5.41, 5.74) is 0.615. The number of ketones is 1. The van der Waals surface area contributed by atoms with E-state index in [1.54, 1.807) is 18.0 Å². The molecule has 0 bridgehead atoms. The van der Waals surface area contributed by atoms with Gasteiger partial charge in [0.2, 0.25) is 0 Å². The number of rotatable bonds is 3. The average molecular weight is 182 g/mol. The van der Waals surface area contributed by atoms with Crippen LogP contribution < -0.4 is 0 Å². The number of Topliss-reactive ketones (excluding diaryl/α,β-unsaturated/α-hetero) is 1. The first kappa shape index (κ1) is 9.19. The van der Waals surface area contributed by atoms with Crippen LogP contribution in [0.5, 0.6) is 0 Å². The molecule has 0 radical (unpaired) electrons. The van der Waals surface area contributed by atoms with Crippen LogP contribution in [0.15, 0.2) is 17.6 Å². The van der Waals surface area contributed by atoms with Gasteiger partial charge in [-0.05, 0) is 12.7 Å². The van der Waals surface area contributed by atoms with Crippen molar-refractivity contribution in [2.24, 2.45) is 0 Å². The smallest absolute Gasteiger partial charge is 0.164 e. The monoisotopic (exact) mass is 182 g/mol. The summed E-state index contributed by atoms with van der Waals surface area (Å²) in [5.74, 6) is 0.934. The second-order valence-corrected chi connectivity index (χ2v) is 3.48. The Morgan fingerprint density at radius 3 is 3.00 bits per heavy atom. The van der Waals surface area contributed by atoms with Gasteiger partial charge in [-0.2, -0.15) is 0 Å². The van der Waals surface area contributed by atoms with E-state index in [0.29, 0.717) is 5.56 Å². The lowest BCUT2D eigenvalue weighted by Gasteiger charge is -2.01. The number of nitrogens with zero attached hydrogens (tertiary/aromatic N) is 2. The molecule has 3 nitrogen and oxygen atoms in total. The molecule has 0 unspecified atom stereocenters. The third kappa shape index (κ3) is 2.04. The lowest BCUT2D eigenvalue weighted by atomic mass is 10.2. The molecule has 12 heavy (non-hydrogen) atoms. The Kier molecular flexibility index (Phi) is 3.22. The average Bonchev–Trinajstić information content (AvgIpc) is 2.05. The molecular weight excluding hydrogens is 172 g/mol. The van der Waals surface area contributed by atoms with Gasteiger partial charge >= 0.3 is 0 Å². The van der Waals surface area contributed by atoms with Crippen LogP contribution in [0.1, 0.15) is 24.2 Å². The van der Waals surface area contributed by atoms with Crippen molar-refractivity contribution in [1.29, 1.82) is 0 Å². The van der Waals surface area contributed by atoms with E-state index in [1.807, 2.05) is 6.92 Å². The molecule has 1 heterocycles. The molecule has 0 N–H and O–H groups in total. The molecule has 0 saturated heterocycles. The van der Waals surface area contributed by atoms with Gasteiger partial charge in [-0.1, -0.05) is 6.92 Å². The van der Waals surface area contributed by atoms with Gasteiger partial charge in [-0.3, -0.25) is 4.79 Å². The van der Waals surface area contributed by atoms with Crippen LogP contribution in [0, 0.1) is 0 Å². The Morgan fingerprint density at radius 1 is 1.67 bits per heavy atom. The quantitative estimate of drug-likeness (QED) is 0.406. The predicted octanol–water partition coefficient (Wildman–Crippen LogP) is 1.79. The van der Waals surface area contributed by atoms with Gasteiger partial charge in [-0.25, -0.2) is 9.97 Å². The zero-order valence-electron chi connectivity index (χ0n) is 7.07. The van der Waals surface area contributed by atoms with E-state index in [2.05, 4.69) is 9.97 Å². The Morgan fingerprint density at radius 2 is 2.42 bits per heavy atom. The molecule has 0 spiro atoms. The minimum absolute atomic E-state index is 0.0200. The summed E-state index contributed by atoms with van der Waals surface area (Å²) in [6.07, 6.45) is 3.03. The first-order valence-corrected chi connectivity index (χ1v) is 4.68. The van der Waals surface area contributed by atoms with Crippen LogP contribution in [-0.4, -0.2) is 21.5 Å². The van der Waals surface area contributed by atoms with E-state index >= 15 is 0 Å². The van der Waals surface area contributed by atoms with Crippen molar-refractivity contribution in [1.82, 2.24) is 9.97 Å². The van der Waals surface area contributed by atoms with Crippen molar-refractivity contribution in [3.63, 3.8) is 0 Å². The van der Waals surface area contributed by atoms with E-state index < -0.39 is 0 Å². The van der Waals surface area contributed by atoms with Crippen molar-refractivity contribution < 1.29 is 4.79 Å². The summed E-state index contributed by atoms with van der Waals surface area (Å²) in [6, 6.07) is 0. The van der Waals surface area contributed by atoms with E-state index in [1.165, 1.54) is 13.3 Å². The van der Waals surface area contributed by atoms with Crippen molar-refractivity contribution in [2.75, 3.05) is 5.75 Å². The van der Waals surface area contributed by atoms with Crippen molar-refractivity contribution >= 4 is 17.5 Å². The molecule has 64 valence electrons. The molecule has 0 aliphatic rings. The van der Waals surface area contributed by atoms with Crippen LogP contribution >= 0.6 is 11.8 Å². The first-order chi connectivity index (χ1) is 5.75. The standard InChI is InChI=1S/C8H10N2OS/c1-3-12-8-7(6(2)11)4-9-5-10-8/h4-5H,3H2,1-2H3. The molecule has 1 aromatic rings. The van der Waals surface area contributed by atoms with E-state index in [-0.39, 0.29) is 5.78 Å².